The van der Waals surface area contributed by atoms with E-state index in [9.17, 15) is 9.90 Å². The van der Waals surface area contributed by atoms with Crippen LogP contribution in [-0.2, 0) is 4.79 Å². The normalized spacial score (nSPS) is 21.6. The number of nitrogens with zero attached hydrogens (tertiary/aromatic N) is 1. The monoisotopic (exact) mass is 261 g/mol. The van der Waals surface area contributed by atoms with Gasteiger partial charge < -0.3 is 5.11 Å². The standard InChI is InChI=1S/C16H23NO2/c1-10-8-11(2)15(12(3)9-10)13(4)17-7-5-6-14(17)16(18)19/h8-9,13-14H,5-7H2,1-4H3,(H,18,19). The molecule has 0 bridgehead atoms. The van der Waals surface area contributed by atoms with Gasteiger partial charge >= 0.3 is 5.97 Å². The molecule has 1 aromatic carbocycles. The molecule has 104 valence electrons. The van der Waals surface area contributed by atoms with Gasteiger partial charge in [-0.15, -0.1) is 0 Å². The number of carboxylic acids is 1. The summed E-state index contributed by atoms with van der Waals surface area (Å²) in [4.78, 5) is 13.5. The Morgan fingerprint density at radius 1 is 1.32 bits per heavy atom. The van der Waals surface area contributed by atoms with Crippen LogP contribution in [0.4, 0.5) is 0 Å². The van der Waals surface area contributed by atoms with E-state index in [0.717, 1.165) is 19.4 Å². The molecule has 1 aliphatic heterocycles. The molecule has 1 heterocycles. The zero-order valence-electron chi connectivity index (χ0n) is 12.2. The van der Waals surface area contributed by atoms with E-state index >= 15 is 0 Å². The van der Waals surface area contributed by atoms with Crippen LogP contribution in [0.25, 0.3) is 0 Å². The minimum Gasteiger partial charge on any atom is -0.480 e. The van der Waals surface area contributed by atoms with Crippen molar-refractivity contribution < 1.29 is 9.90 Å². The number of carbonyl (C=O) groups is 1. The molecule has 1 aromatic rings. The van der Waals surface area contributed by atoms with E-state index in [0.29, 0.717) is 0 Å². The van der Waals surface area contributed by atoms with Crippen LogP contribution in [0.2, 0.25) is 0 Å². The van der Waals surface area contributed by atoms with Crippen LogP contribution in [0.5, 0.6) is 0 Å². The lowest BCUT2D eigenvalue weighted by molar-refractivity contribution is -0.142. The number of hydrogen-bond donors (Lipinski definition) is 1. The number of aryl methyl sites for hydroxylation is 3. The zero-order chi connectivity index (χ0) is 14.2. The molecule has 0 aromatic heterocycles. The molecular weight excluding hydrogens is 238 g/mol. The van der Waals surface area contributed by atoms with Crippen LogP contribution in [-0.4, -0.2) is 28.6 Å². The first-order valence-electron chi connectivity index (χ1n) is 6.98. The highest BCUT2D eigenvalue weighted by atomic mass is 16.4. The van der Waals surface area contributed by atoms with Gasteiger partial charge in [0.25, 0.3) is 0 Å². The molecule has 0 amide bonds. The average Bonchev–Trinajstić information content (AvgIpc) is 2.75. The molecular formula is C16H23NO2. The molecule has 19 heavy (non-hydrogen) atoms. The van der Waals surface area contributed by atoms with Crippen molar-refractivity contribution in [3.05, 3.63) is 34.4 Å². The summed E-state index contributed by atoms with van der Waals surface area (Å²) in [6.07, 6.45) is 1.74. The van der Waals surface area contributed by atoms with Gasteiger partial charge in [-0.1, -0.05) is 17.7 Å². The molecule has 0 radical (unpaired) electrons. The largest absolute Gasteiger partial charge is 0.480 e. The maximum Gasteiger partial charge on any atom is 0.320 e. The Hall–Kier alpha value is -1.35. The third kappa shape index (κ3) is 2.66. The number of likely N-dealkylation sites (tertiary alicyclic amines) is 1. The predicted octanol–water partition coefficient (Wildman–Crippen LogP) is 3.22. The van der Waals surface area contributed by atoms with Gasteiger partial charge in [-0.2, -0.15) is 0 Å². The van der Waals surface area contributed by atoms with Crippen molar-refractivity contribution in [3.8, 4) is 0 Å². The fourth-order valence-corrected chi connectivity index (χ4v) is 3.53. The van der Waals surface area contributed by atoms with Gasteiger partial charge in [0, 0.05) is 6.04 Å². The van der Waals surface area contributed by atoms with E-state index in [4.69, 9.17) is 0 Å². The average molecular weight is 261 g/mol. The molecule has 1 N–H and O–H groups in total. The Kier molecular flexibility index (Phi) is 3.95. The van der Waals surface area contributed by atoms with Gasteiger partial charge in [-0.25, -0.2) is 0 Å². The summed E-state index contributed by atoms with van der Waals surface area (Å²) >= 11 is 0. The molecule has 0 saturated carbocycles. The van der Waals surface area contributed by atoms with Crippen molar-refractivity contribution in [2.45, 2.75) is 52.6 Å². The fraction of sp³-hybridized carbons (Fsp3) is 0.562. The van der Waals surface area contributed by atoms with Crippen LogP contribution in [0.3, 0.4) is 0 Å². The Labute approximate surface area is 115 Å². The van der Waals surface area contributed by atoms with Crippen LogP contribution < -0.4 is 0 Å². The first kappa shape index (κ1) is 14.1. The minimum absolute atomic E-state index is 0.171. The van der Waals surface area contributed by atoms with Crippen LogP contribution in [0.15, 0.2) is 12.1 Å². The van der Waals surface area contributed by atoms with Crippen molar-refractivity contribution in [2.24, 2.45) is 0 Å². The Morgan fingerprint density at radius 3 is 2.42 bits per heavy atom. The lowest BCUT2D eigenvalue weighted by atomic mass is 9.93. The zero-order valence-corrected chi connectivity index (χ0v) is 12.2. The molecule has 1 saturated heterocycles. The third-order valence-electron chi connectivity index (χ3n) is 4.23. The van der Waals surface area contributed by atoms with Crippen molar-refractivity contribution in [1.29, 1.82) is 0 Å². The minimum atomic E-state index is -0.688. The third-order valence-corrected chi connectivity index (χ3v) is 4.23. The first-order valence-corrected chi connectivity index (χ1v) is 6.98. The highest BCUT2D eigenvalue weighted by Crippen LogP contribution is 2.33. The van der Waals surface area contributed by atoms with E-state index < -0.39 is 5.97 Å². The van der Waals surface area contributed by atoms with Crippen molar-refractivity contribution in [1.82, 2.24) is 4.90 Å². The topological polar surface area (TPSA) is 40.5 Å². The first-order chi connectivity index (χ1) is 8.91. The summed E-state index contributed by atoms with van der Waals surface area (Å²) in [7, 11) is 0. The molecule has 0 aliphatic carbocycles. The van der Waals surface area contributed by atoms with Gasteiger partial charge in [0.1, 0.15) is 6.04 Å². The summed E-state index contributed by atoms with van der Waals surface area (Å²) in [6, 6.07) is 4.22. The Balaban J connectivity index is 2.34. The van der Waals surface area contributed by atoms with E-state index in [-0.39, 0.29) is 12.1 Å². The molecule has 1 aliphatic rings. The van der Waals surface area contributed by atoms with Gasteiger partial charge in [-0.05, 0) is 63.8 Å². The highest BCUT2D eigenvalue weighted by molar-refractivity contribution is 5.74. The summed E-state index contributed by atoms with van der Waals surface area (Å²) in [5.74, 6) is -0.688. The van der Waals surface area contributed by atoms with Gasteiger partial charge in [0.05, 0.1) is 0 Å². The Bertz CT molecular complexity index is 473. The number of hydrogen-bond acceptors (Lipinski definition) is 2. The number of benzene rings is 1. The smallest absolute Gasteiger partial charge is 0.320 e. The number of aliphatic carboxylic acids is 1. The maximum absolute atomic E-state index is 11.3. The molecule has 2 unspecified atom stereocenters. The second-order valence-corrected chi connectivity index (χ2v) is 5.72. The molecule has 2 rings (SSSR count). The van der Waals surface area contributed by atoms with Crippen LogP contribution >= 0.6 is 0 Å². The SMILES string of the molecule is Cc1cc(C)c(C(C)N2CCCC2C(=O)O)c(C)c1. The van der Waals surface area contributed by atoms with E-state index in [1.165, 1.54) is 22.3 Å². The van der Waals surface area contributed by atoms with Gasteiger partial charge in [-0.3, -0.25) is 9.69 Å². The lowest BCUT2D eigenvalue weighted by Crippen LogP contribution is -2.38. The Morgan fingerprint density at radius 2 is 1.89 bits per heavy atom. The second-order valence-electron chi connectivity index (χ2n) is 5.72. The van der Waals surface area contributed by atoms with Gasteiger partial charge in [0.2, 0.25) is 0 Å². The van der Waals surface area contributed by atoms with Crippen molar-refractivity contribution >= 4 is 5.97 Å². The van der Waals surface area contributed by atoms with E-state index in [1.807, 2.05) is 0 Å². The number of carboxylic acid groups (broad SMARTS) is 1. The van der Waals surface area contributed by atoms with Crippen molar-refractivity contribution in [2.75, 3.05) is 6.54 Å². The number of rotatable bonds is 3. The molecule has 3 heteroatoms. The quantitative estimate of drug-likeness (QED) is 0.908. The summed E-state index contributed by atoms with van der Waals surface area (Å²) < 4.78 is 0. The molecule has 3 nitrogen and oxygen atoms in total. The molecule has 1 fully saturated rings. The van der Waals surface area contributed by atoms with E-state index in [2.05, 4.69) is 44.7 Å². The highest BCUT2D eigenvalue weighted by Gasteiger charge is 2.34. The van der Waals surface area contributed by atoms with Crippen LogP contribution in [0, 0.1) is 20.8 Å². The molecule has 0 spiro atoms. The second kappa shape index (κ2) is 5.33. The fourth-order valence-electron chi connectivity index (χ4n) is 3.53. The van der Waals surface area contributed by atoms with Gasteiger partial charge in [0.15, 0.2) is 0 Å². The summed E-state index contributed by atoms with van der Waals surface area (Å²) in [6.45, 7) is 9.36. The maximum atomic E-state index is 11.3. The van der Waals surface area contributed by atoms with E-state index in [1.54, 1.807) is 0 Å². The van der Waals surface area contributed by atoms with Crippen molar-refractivity contribution in [3.63, 3.8) is 0 Å². The molecule has 2 atom stereocenters. The summed E-state index contributed by atoms with van der Waals surface area (Å²) in [5.41, 5.74) is 5.09. The summed E-state index contributed by atoms with van der Waals surface area (Å²) in [5, 5.41) is 9.32. The van der Waals surface area contributed by atoms with Crippen LogP contribution in [0.1, 0.15) is 48.1 Å². The predicted molar refractivity (Wildman–Crippen MR) is 76.4 cm³/mol. The lowest BCUT2D eigenvalue weighted by Gasteiger charge is -2.31.